The number of furan rings is 1. The molecule has 2 aromatic carbocycles. The van der Waals surface area contributed by atoms with Crippen LogP contribution in [0.25, 0.3) is 0 Å². The van der Waals surface area contributed by atoms with Crippen LogP contribution in [0.3, 0.4) is 0 Å². The summed E-state index contributed by atoms with van der Waals surface area (Å²) >= 11 is 0. The predicted octanol–water partition coefficient (Wildman–Crippen LogP) is 4.10. The summed E-state index contributed by atoms with van der Waals surface area (Å²) in [6.07, 6.45) is 3.47. The van der Waals surface area contributed by atoms with Gasteiger partial charge in [-0.3, -0.25) is 14.5 Å². The third-order valence-corrected chi connectivity index (χ3v) is 5.80. The van der Waals surface area contributed by atoms with Gasteiger partial charge in [-0.2, -0.15) is 0 Å². The molecule has 0 bridgehead atoms. The van der Waals surface area contributed by atoms with Crippen molar-refractivity contribution >= 4 is 17.5 Å². The lowest BCUT2D eigenvalue weighted by Gasteiger charge is -2.35. The zero-order valence-corrected chi connectivity index (χ0v) is 17.6. The minimum atomic E-state index is -0.323. The van der Waals surface area contributed by atoms with Gasteiger partial charge in [0.2, 0.25) is 0 Å². The maximum Gasteiger partial charge on any atom is 0.291 e. The molecule has 1 unspecified atom stereocenters. The number of benzene rings is 2. The third kappa shape index (κ3) is 5.03. The average Bonchev–Trinajstić information content (AvgIpc) is 3.35. The number of hydrogen-bond acceptors (Lipinski definition) is 4. The summed E-state index contributed by atoms with van der Waals surface area (Å²) in [6, 6.07) is 19.0. The molecule has 4 rings (SSSR count). The minimum Gasteiger partial charge on any atom is -0.459 e. The summed E-state index contributed by atoms with van der Waals surface area (Å²) < 4.78 is 5.08. The van der Waals surface area contributed by atoms with Gasteiger partial charge in [-0.05, 0) is 60.4 Å². The number of rotatable bonds is 7. The number of nitrogens with zero attached hydrogens (tertiary/aromatic N) is 1. The maximum atomic E-state index is 12.6. The summed E-state index contributed by atoms with van der Waals surface area (Å²) in [5.74, 6) is -0.191. The molecule has 160 valence electrons. The second kappa shape index (κ2) is 9.62. The van der Waals surface area contributed by atoms with Crippen molar-refractivity contribution in [2.45, 2.75) is 32.4 Å². The van der Waals surface area contributed by atoms with Crippen LogP contribution >= 0.6 is 0 Å². The number of carbonyl (C=O) groups is 2. The molecule has 6 nitrogen and oxygen atoms in total. The normalized spacial score (nSPS) is 14.5. The lowest BCUT2D eigenvalue weighted by molar-refractivity contribution is 0.0925. The number of nitrogens with one attached hydrogen (secondary N) is 2. The van der Waals surface area contributed by atoms with Crippen molar-refractivity contribution < 1.29 is 14.0 Å². The standard InChI is InChI=1S/C25H27N3O3/c1-2-22(28-14-13-18-6-3-4-7-20(18)17-28)16-26-24(29)19-9-11-21(12-10-19)27-25(30)23-8-5-15-31-23/h3-12,15,22H,2,13-14,16-17H2,1H3,(H,26,29)(H,27,30). The van der Waals surface area contributed by atoms with E-state index in [1.807, 2.05) is 0 Å². The predicted molar refractivity (Wildman–Crippen MR) is 120 cm³/mol. The van der Waals surface area contributed by atoms with Crippen LogP contribution in [0.15, 0.2) is 71.3 Å². The van der Waals surface area contributed by atoms with Gasteiger partial charge in [0.1, 0.15) is 0 Å². The van der Waals surface area contributed by atoms with Crippen LogP contribution in [0.4, 0.5) is 5.69 Å². The van der Waals surface area contributed by atoms with Crippen LogP contribution in [0, 0.1) is 0 Å². The number of amides is 2. The molecule has 1 atom stereocenters. The van der Waals surface area contributed by atoms with E-state index in [0.717, 1.165) is 25.9 Å². The van der Waals surface area contributed by atoms with Crippen molar-refractivity contribution in [1.29, 1.82) is 0 Å². The molecule has 1 aromatic heterocycles. The second-order valence-corrected chi connectivity index (χ2v) is 7.77. The van der Waals surface area contributed by atoms with Crippen LogP contribution in [0.2, 0.25) is 0 Å². The molecule has 1 aliphatic rings. The zero-order chi connectivity index (χ0) is 21.6. The zero-order valence-electron chi connectivity index (χ0n) is 17.6. The van der Waals surface area contributed by atoms with E-state index in [0.29, 0.717) is 23.8 Å². The van der Waals surface area contributed by atoms with Crippen LogP contribution in [0.5, 0.6) is 0 Å². The molecule has 0 aliphatic carbocycles. The summed E-state index contributed by atoms with van der Waals surface area (Å²) in [5, 5.41) is 5.82. The molecular formula is C25H27N3O3. The van der Waals surface area contributed by atoms with Crippen LogP contribution in [-0.4, -0.2) is 35.8 Å². The van der Waals surface area contributed by atoms with E-state index in [2.05, 4.69) is 46.7 Å². The smallest absolute Gasteiger partial charge is 0.291 e. The summed E-state index contributed by atoms with van der Waals surface area (Å²) in [4.78, 5) is 27.1. The van der Waals surface area contributed by atoms with Gasteiger partial charge in [-0.1, -0.05) is 31.2 Å². The van der Waals surface area contributed by atoms with Crippen molar-refractivity contribution in [2.24, 2.45) is 0 Å². The topological polar surface area (TPSA) is 74.6 Å². The number of anilines is 1. The highest BCUT2D eigenvalue weighted by molar-refractivity contribution is 6.02. The Morgan fingerprint density at radius 1 is 1.00 bits per heavy atom. The van der Waals surface area contributed by atoms with Crippen molar-refractivity contribution in [1.82, 2.24) is 10.2 Å². The highest BCUT2D eigenvalue weighted by Crippen LogP contribution is 2.21. The van der Waals surface area contributed by atoms with Crippen LogP contribution < -0.4 is 10.6 Å². The summed E-state index contributed by atoms with van der Waals surface area (Å²) in [5.41, 5.74) is 3.98. The third-order valence-electron chi connectivity index (χ3n) is 5.80. The molecule has 3 aromatic rings. The van der Waals surface area contributed by atoms with E-state index in [1.165, 1.54) is 17.4 Å². The molecule has 0 fully saturated rings. The highest BCUT2D eigenvalue weighted by Gasteiger charge is 2.22. The Balaban J connectivity index is 1.31. The van der Waals surface area contributed by atoms with E-state index < -0.39 is 0 Å². The first-order valence-corrected chi connectivity index (χ1v) is 10.7. The van der Waals surface area contributed by atoms with E-state index in [-0.39, 0.29) is 17.6 Å². The average molecular weight is 418 g/mol. The minimum absolute atomic E-state index is 0.111. The molecule has 0 radical (unpaired) electrons. The SMILES string of the molecule is CCC(CNC(=O)c1ccc(NC(=O)c2ccco2)cc1)N1CCc2ccccc2C1. The van der Waals surface area contributed by atoms with Crippen LogP contribution in [0.1, 0.15) is 45.4 Å². The van der Waals surface area contributed by atoms with Gasteiger partial charge in [0.15, 0.2) is 5.76 Å². The van der Waals surface area contributed by atoms with Gasteiger partial charge in [0.25, 0.3) is 11.8 Å². The Morgan fingerprint density at radius 3 is 2.48 bits per heavy atom. The Morgan fingerprint density at radius 2 is 1.77 bits per heavy atom. The molecule has 0 saturated heterocycles. The second-order valence-electron chi connectivity index (χ2n) is 7.77. The molecule has 2 N–H and O–H groups in total. The molecule has 0 spiro atoms. The van der Waals surface area contributed by atoms with Crippen molar-refractivity contribution in [2.75, 3.05) is 18.4 Å². The first kappa shape index (κ1) is 20.9. The Labute approximate surface area is 182 Å². The summed E-state index contributed by atoms with van der Waals surface area (Å²) in [7, 11) is 0. The molecule has 2 amide bonds. The van der Waals surface area contributed by atoms with Crippen molar-refractivity contribution in [3.63, 3.8) is 0 Å². The molecule has 2 heterocycles. The quantitative estimate of drug-likeness (QED) is 0.607. The Kier molecular flexibility index (Phi) is 6.48. The fourth-order valence-corrected chi connectivity index (χ4v) is 3.98. The Bertz CT molecular complexity index is 1030. The lowest BCUT2D eigenvalue weighted by Crippen LogP contribution is -2.45. The summed E-state index contributed by atoms with van der Waals surface area (Å²) in [6.45, 7) is 4.70. The number of fused-ring (bicyclic) bond motifs is 1. The largest absolute Gasteiger partial charge is 0.459 e. The lowest BCUT2D eigenvalue weighted by atomic mass is 9.98. The molecule has 0 saturated carbocycles. The molecule has 1 aliphatic heterocycles. The van der Waals surface area contributed by atoms with E-state index in [9.17, 15) is 9.59 Å². The molecular weight excluding hydrogens is 390 g/mol. The van der Waals surface area contributed by atoms with E-state index >= 15 is 0 Å². The van der Waals surface area contributed by atoms with Crippen LogP contribution in [-0.2, 0) is 13.0 Å². The van der Waals surface area contributed by atoms with E-state index in [4.69, 9.17) is 4.42 Å². The number of hydrogen-bond donors (Lipinski definition) is 2. The first-order valence-electron chi connectivity index (χ1n) is 10.7. The van der Waals surface area contributed by atoms with Gasteiger partial charge >= 0.3 is 0 Å². The van der Waals surface area contributed by atoms with Gasteiger partial charge < -0.3 is 15.1 Å². The monoisotopic (exact) mass is 417 g/mol. The molecule has 31 heavy (non-hydrogen) atoms. The van der Waals surface area contributed by atoms with Crippen molar-refractivity contribution in [3.8, 4) is 0 Å². The fraction of sp³-hybridized carbons (Fsp3) is 0.280. The maximum absolute atomic E-state index is 12.6. The highest BCUT2D eigenvalue weighted by atomic mass is 16.3. The number of carbonyl (C=O) groups excluding carboxylic acids is 2. The molecule has 6 heteroatoms. The van der Waals surface area contributed by atoms with Gasteiger partial charge in [0.05, 0.1) is 6.26 Å². The Hall–Kier alpha value is -3.38. The fourth-order valence-electron chi connectivity index (χ4n) is 3.98. The van der Waals surface area contributed by atoms with Gasteiger partial charge in [-0.25, -0.2) is 0 Å². The van der Waals surface area contributed by atoms with Crippen molar-refractivity contribution in [3.05, 3.63) is 89.4 Å². The van der Waals surface area contributed by atoms with Gasteiger partial charge in [-0.15, -0.1) is 0 Å². The van der Waals surface area contributed by atoms with E-state index in [1.54, 1.807) is 36.4 Å². The first-order chi connectivity index (χ1) is 15.1. The van der Waals surface area contributed by atoms with Gasteiger partial charge in [0, 0.05) is 36.9 Å².